The van der Waals surface area contributed by atoms with Gasteiger partial charge in [0.05, 0.1) is 0 Å². The van der Waals surface area contributed by atoms with E-state index in [2.05, 4.69) is 66.5 Å². The second kappa shape index (κ2) is 8.48. The number of rotatable bonds is 8. The standard InChI is InChI=1S/C25H33NO/c1-26(19-9-13-21-11-3-2-4-12-21)20-10-18-25-17-8-7-15-23(25)22-14-5-6-16-24(22)27-25/h2-6,11-12,14,16,23H,7-10,13,15,17-20H2,1H3. The summed E-state index contributed by atoms with van der Waals surface area (Å²) in [5, 5.41) is 0. The Balaban J connectivity index is 1.26. The van der Waals surface area contributed by atoms with Gasteiger partial charge in [0.15, 0.2) is 0 Å². The first kappa shape index (κ1) is 18.6. The Bertz CT molecular complexity index is 728. The fourth-order valence-corrected chi connectivity index (χ4v) is 5.16. The average molecular weight is 364 g/mol. The van der Waals surface area contributed by atoms with Crippen LogP contribution in [0.5, 0.6) is 5.75 Å². The van der Waals surface area contributed by atoms with Gasteiger partial charge < -0.3 is 9.64 Å². The molecule has 2 nitrogen and oxygen atoms in total. The van der Waals surface area contributed by atoms with E-state index in [-0.39, 0.29) is 5.60 Å². The van der Waals surface area contributed by atoms with Crippen LogP contribution < -0.4 is 4.74 Å². The summed E-state index contributed by atoms with van der Waals surface area (Å²) in [5.41, 5.74) is 2.99. The van der Waals surface area contributed by atoms with Crippen LogP contribution in [-0.2, 0) is 6.42 Å². The summed E-state index contributed by atoms with van der Waals surface area (Å²) in [7, 11) is 2.27. The van der Waals surface area contributed by atoms with Gasteiger partial charge in [-0.2, -0.15) is 0 Å². The zero-order chi connectivity index (χ0) is 18.5. The van der Waals surface area contributed by atoms with E-state index < -0.39 is 0 Å². The minimum atomic E-state index is 0.0762. The van der Waals surface area contributed by atoms with Crippen LogP contribution in [0.25, 0.3) is 0 Å². The molecule has 0 spiro atoms. The molecule has 0 saturated heterocycles. The first-order valence-corrected chi connectivity index (χ1v) is 10.8. The number of para-hydroxylation sites is 1. The van der Waals surface area contributed by atoms with E-state index in [0.29, 0.717) is 5.92 Å². The Kier molecular flexibility index (Phi) is 5.83. The summed E-state index contributed by atoms with van der Waals surface area (Å²) in [6.07, 6.45) is 10.0. The quantitative estimate of drug-likeness (QED) is 0.586. The molecule has 144 valence electrons. The Hall–Kier alpha value is -1.80. The minimum absolute atomic E-state index is 0.0762. The highest BCUT2D eigenvalue weighted by Crippen LogP contribution is 2.53. The lowest BCUT2D eigenvalue weighted by molar-refractivity contribution is 0.0234. The molecular weight excluding hydrogens is 330 g/mol. The molecule has 0 amide bonds. The van der Waals surface area contributed by atoms with E-state index in [9.17, 15) is 0 Å². The number of aryl methyl sites for hydroxylation is 1. The second-order valence-electron chi connectivity index (χ2n) is 8.50. The van der Waals surface area contributed by atoms with Crippen molar-refractivity contribution in [3.05, 3.63) is 65.7 Å². The van der Waals surface area contributed by atoms with Crippen molar-refractivity contribution in [3.63, 3.8) is 0 Å². The van der Waals surface area contributed by atoms with Gasteiger partial charge in [0, 0.05) is 11.5 Å². The first-order valence-electron chi connectivity index (χ1n) is 10.8. The molecule has 4 rings (SSSR count). The van der Waals surface area contributed by atoms with Crippen molar-refractivity contribution < 1.29 is 4.74 Å². The van der Waals surface area contributed by atoms with E-state index in [4.69, 9.17) is 4.74 Å². The maximum atomic E-state index is 6.60. The highest BCUT2D eigenvalue weighted by Gasteiger charge is 2.48. The highest BCUT2D eigenvalue weighted by molar-refractivity contribution is 5.43. The third-order valence-corrected chi connectivity index (χ3v) is 6.57. The lowest BCUT2D eigenvalue weighted by Gasteiger charge is -2.39. The molecule has 2 aliphatic rings. The maximum absolute atomic E-state index is 6.60. The van der Waals surface area contributed by atoms with Crippen molar-refractivity contribution in [2.75, 3.05) is 20.1 Å². The van der Waals surface area contributed by atoms with E-state index in [1.54, 1.807) is 0 Å². The SMILES string of the molecule is CN(CCCc1ccccc1)CCCC12CCCCC1c1ccccc1O2. The Morgan fingerprint density at radius 1 is 0.963 bits per heavy atom. The first-order chi connectivity index (χ1) is 13.3. The lowest BCUT2D eigenvalue weighted by atomic mass is 9.71. The fraction of sp³-hybridized carbons (Fsp3) is 0.520. The molecule has 0 aromatic heterocycles. The molecule has 2 unspecified atom stereocenters. The summed E-state index contributed by atoms with van der Waals surface area (Å²) >= 11 is 0. The number of nitrogens with zero attached hydrogens (tertiary/aromatic N) is 1. The maximum Gasteiger partial charge on any atom is 0.123 e. The van der Waals surface area contributed by atoms with E-state index in [0.717, 1.165) is 5.75 Å². The van der Waals surface area contributed by atoms with Crippen LogP contribution in [0.4, 0.5) is 0 Å². The molecule has 2 aromatic carbocycles. The Labute approximate surface area is 164 Å². The zero-order valence-electron chi connectivity index (χ0n) is 16.7. The molecule has 1 heterocycles. The average Bonchev–Trinajstić information content (AvgIpc) is 3.03. The van der Waals surface area contributed by atoms with Crippen LogP contribution in [-0.4, -0.2) is 30.6 Å². The van der Waals surface area contributed by atoms with Crippen molar-refractivity contribution in [1.82, 2.24) is 4.90 Å². The molecule has 2 aromatic rings. The molecule has 1 aliphatic carbocycles. The molecule has 1 aliphatic heterocycles. The van der Waals surface area contributed by atoms with Gasteiger partial charge in [-0.1, -0.05) is 55.0 Å². The molecule has 1 fully saturated rings. The normalized spacial score (nSPS) is 23.7. The Morgan fingerprint density at radius 2 is 1.74 bits per heavy atom. The predicted molar refractivity (Wildman–Crippen MR) is 113 cm³/mol. The molecular formula is C25H33NO. The van der Waals surface area contributed by atoms with Crippen molar-refractivity contribution in [3.8, 4) is 5.75 Å². The van der Waals surface area contributed by atoms with Gasteiger partial charge in [-0.25, -0.2) is 0 Å². The molecule has 2 atom stereocenters. The van der Waals surface area contributed by atoms with Crippen molar-refractivity contribution in [2.24, 2.45) is 0 Å². The molecule has 1 saturated carbocycles. The van der Waals surface area contributed by atoms with Crippen LogP contribution >= 0.6 is 0 Å². The molecule has 0 bridgehead atoms. The van der Waals surface area contributed by atoms with Gasteiger partial charge in [0.25, 0.3) is 0 Å². The van der Waals surface area contributed by atoms with Crippen LogP contribution in [0.1, 0.15) is 62.0 Å². The van der Waals surface area contributed by atoms with Gasteiger partial charge in [-0.05, 0) is 76.7 Å². The summed E-state index contributed by atoms with van der Waals surface area (Å²) in [5.74, 6) is 1.77. The van der Waals surface area contributed by atoms with Crippen LogP contribution in [0.15, 0.2) is 54.6 Å². The number of ether oxygens (including phenoxy) is 1. The second-order valence-corrected chi connectivity index (χ2v) is 8.50. The van der Waals surface area contributed by atoms with Crippen LogP contribution in [0, 0.1) is 0 Å². The summed E-state index contributed by atoms with van der Waals surface area (Å²) in [6, 6.07) is 19.6. The van der Waals surface area contributed by atoms with Gasteiger partial charge in [0.2, 0.25) is 0 Å². The van der Waals surface area contributed by atoms with Crippen LogP contribution in [0.2, 0.25) is 0 Å². The largest absolute Gasteiger partial charge is 0.486 e. The molecule has 0 N–H and O–H groups in total. The molecule has 2 heteroatoms. The molecule has 0 radical (unpaired) electrons. The fourth-order valence-electron chi connectivity index (χ4n) is 5.16. The molecule has 27 heavy (non-hydrogen) atoms. The van der Waals surface area contributed by atoms with Crippen molar-refractivity contribution in [2.45, 2.75) is 62.9 Å². The van der Waals surface area contributed by atoms with Crippen LogP contribution in [0.3, 0.4) is 0 Å². The summed E-state index contributed by atoms with van der Waals surface area (Å²) in [6.45, 7) is 2.34. The number of hydrogen-bond donors (Lipinski definition) is 0. The van der Waals surface area contributed by atoms with Gasteiger partial charge in [0.1, 0.15) is 11.4 Å². The summed E-state index contributed by atoms with van der Waals surface area (Å²) in [4.78, 5) is 2.50. The van der Waals surface area contributed by atoms with E-state index in [1.807, 2.05) is 0 Å². The monoisotopic (exact) mass is 363 g/mol. The number of fused-ring (bicyclic) bond motifs is 3. The van der Waals surface area contributed by atoms with Crippen molar-refractivity contribution in [1.29, 1.82) is 0 Å². The number of hydrogen-bond acceptors (Lipinski definition) is 2. The van der Waals surface area contributed by atoms with Crippen molar-refractivity contribution >= 4 is 0 Å². The zero-order valence-corrected chi connectivity index (χ0v) is 16.7. The van der Waals surface area contributed by atoms with Gasteiger partial charge in [-0.15, -0.1) is 0 Å². The Morgan fingerprint density at radius 3 is 2.63 bits per heavy atom. The third kappa shape index (κ3) is 4.21. The number of benzene rings is 2. The summed E-state index contributed by atoms with van der Waals surface area (Å²) < 4.78 is 6.60. The van der Waals surface area contributed by atoms with Gasteiger partial charge in [-0.3, -0.25) is 0 Å². The lowest BCUT2D eigenvalue weighted by Crippen LogP contribution is -2.41. The third-order valence-electron chi connectivity index (χ3n) is 6.57. The van der Waals surface area contributed by atoms with E-state index >= 15 is 0 Å². The smallest absolute Gasteiger partial charge is 0.123 e. The minimum Gasteiger partial charge on any atom is -0.486 e. The highest BCUT2D eigenvalue weighted by atomic mass is 16.5. The topological polar surface area (TPSA) is 12.5 Å². The van der Waals surface area contributed by atoms with E-state index in [1.165, 1.54) is 75.6 Å². The van der Waals surface area contributed by atoms with Gasteiger partial charge >= 0.3 is 0 Å². The predicted octanol–water partition coefficient (Wildman–Crippen LogP) is 5.82.